The highest BCUT2D eigenvalue weighted by Gasteiger charge is 2.24. The number of benzene rings is 1. The molecule has 0 aromatic heterocycles. The Kier molecular flexibility index (Phi) is 4.70. The van der Waals surface area contributed by atoms with E-state index in [2.05, 4.69) is 45.6 Å². The summed E-state index contributed by atoms with van der Waals surface area (Å²) in [4.78, 5) is 0. The first-order valence-electron chi connectivity index (χ1n) is 5.58. The van der Waals surface area contributed by atoms with Crippen molar-refractivity contribution in [3.8, 4) is 0 Å². The molecule has 1 aromatic carbocycles. The summed E-state index contributed by atoms with van der Waals surface area (Å²) in [6.07, 6.45) is 2.30. The Morgan fingerprint density at radius 2 is 2.44 bits per heavy atom. The number of hydrogen-bond donors (Lipinski definition) is 2. The molecule has 0 radical (unpaired) electrons. The largest absolute Gasteiger partial charge is 0.271 e. The second-order valence-corrected chi connectivity index (χ2v) is 6.30. The van der Waals surface area contributed by atoms with Crippen LogP contribution in [-0.2, 0) is 6.42 Å². The van der Waals surface area contributed by atoms with Crippen molar-refractivity contribution in [3.63, 3.8) is 0 Å². The van der Waals surface area contributed by atoms with Crippen molar-refractivity contribution in [2.24, 2.45) is 11.8 Å². The van der Waals surface area contributed by atoms with E-state index in [4.69, 9.17) is 5.84 Å². The standard InChI is InChI=1S/C12H17BrN2S/c13-11-3-1-2-9(6-11)7-12(15-14)10-4-5-16-8-10/h1-3,6,10,12,15H,4-5,7-8,14H2. The zero-order valence-electron chi connectivity index (χ0n) is 9.16. The minimum atomic E-state index is 0.407. The summed E-state index contributed by atoms with van der Waals surface area (Å²) in [7, 11) is 0. The van der Waals surface area contributed by atoms with Gasteiger partial charge in [-0.1, -0.05) is 28.1 Å². The molecule has 0 amide bonds. The molecule has 1 fully saturated rings. The van der Waals surface area contributed by atoms with E-state index in [0.717, 1.165) is 10.9 Å². The first-order chi connectivity index (χ1) is 7.79. The maximum atomic E-state index is 5.67. The van der Waals surface area contributed by atoms with Crippen molar-refractivity contribution in [3.05, 3.63) is 34.3 Å². The minimum absolute atomic E-state index is 0.407. The molecule has 16 heavy (non-hydrogen) atoms. The van der Waals surface area contributed by atoms with Crippen LogP contribution in [0.25, 0.3) is 0 Å². The van der Waals surface area contributed by atoms with Gasteiger partial charge in [0.25, 0.3) is 0 Å². The van der Waals surface area contributed by atoms with E-state index in [9.17, 15) is 0 Å². The topological polar surface area (TPSA) is 38.0 Å². The van der Waals surface area contributed by atoms with Gasteiger partial charge in [0.05, 0.1) is 0 Å². The van der Waals surface area contributed by atoms with E-state index in [1.54, 1.807) is 0 Å². The average molecular weight is 301 g/mol. The van der Waals surface area contributed by atoms with Gasteiger partial charge in [-0.15, -0.1) is 0 Å². The molecule has 1 heterocycles. The van der Waals surface area contributed by atoms with E-state index in [0.29, 0.717) is 12.0 Å². The number of rotatable bonds is 4. The Labute approximate surface area is 109 Å². The zero-order chi connectivity index (χ0) is 11.4. The molecule has 3 N–H and O–H groups in total. The van der Waals surface area contributed by atoms with Gasteiger partial charge in [-0.2, -0.15) is 11.8 Å². The first kappa shape index (κ1) is 12.4. The first-order valence-corrected chi connectivity index (χ1v) is 7.52. The Morgan fingerprint density at radius 1 is 1.56 bits per heavy atom. The molecule has 1 aliphatic heterocycles. The number of hydrogen-bond acceptors (Lipinski definition) is 3. The second-order valence-electron chi connectivity index (χ2n) is 4.23. The van der Waals surface area contributed by atoms with Crippen LogP contribution in [0.4, 0.5) is 0 Å². The zero-order valence-corrected chi connectivity index (χ0v) is 11.6. The van der Waals surface area contributed by atoms with Gasteiger partial charge in [0.2, 0.25) is 0 Å². The molecule has 0 aliphatic carbocycles. The molecule has 2 unspecified atom stereocenters. The summed E-state index contributed by atoms with van der Waals surface area (Å²) in [6, 6.07) is 8.88. The molecule has 2 nitrogen and oxygen atoms in total. The fraction of sp³-hybridized carbons (Fsp3) is 0.500. The average Bonchev–Trinajstić information content (AvgIpc) is 2.79. The molecular formula is C12H17BrN2S. The smallest absolute Gasteiger partial charge is 0.0287 e. The normalized spacial score (nSPS) is 22.2. The lowest BCUT2D eigenvalue weighted by molar-refractivity contribution is 0.386. The van der Waals surface area contributed by atoms with Crippen molar-refractivity contribution >= 4 is 27.7 Å². The Hall–Kier alpha value is -0.0300. The highest BCUT2D eigenvalue weighted by atomic mass is 79.9. The number of thioether (sulfide) groups is 1. The maximum Gasteiger partial charge on any atom is 0.0287 e. The van der Waals surface area contributed by atoms with E-state index in [1.807, 2.05) is 11.8 Å². The van der Waals surface area contributed by atoms with E-state index in [1.165, 1.54) is 23.5 Å². The van der Waals surface area contributed by atoms with Crippen LogP contribution in [0.3, 0.4) is 0 Å². The molecule has 0 bridgehead atoms. The van der Waals surface area contributed by atoms with E-state index >= 15 is 0 Å². The fourth-order valence-electron chi connectivity index (χ4n) is 2.15. The van der Waals surface area contributed by atoms with Crippen LogP contribution < -0.4 is 11.3 Å². The van der Waals surface area contributed by atoms with Crippen molar-refractivity contribution in [1.82, 2.24) is 5.43 Å². The minimum Gasteiger partial charge on any atom is -0.271 e. The SMILES string of the molecule is NNC(Cc1cccc(Br)c1)C1CCSC1. The van der Waals surface area contributed by atoms with Crippen LogP contribution in [0.2, 0.25) is 0 Å². The molecule has 1 aromatic rings. The molecule has 1 saturated heterocycles. The Morgan fingerprint density at radius 3 is 3.06 bits per heavy atom. The summed E-state index contributed by atoms with van der Waals surface area (Å²) < 4.78 is 1.14. The van der Waals surface area contributed by atoms with Crippen molar-refractivity contribution in [2.45, 2.75) is 18.9 Å². The summed E-state index contributed by atoms with van der Waals surface area (Å²) in [5.74, 6) is 8.90. The summed E-state index contributed by atoms with van der Waals surface area (Å²) in [6.45, 7) is 0. The number of nitrogens with two attached hydrogens (primary N) is 1. The van der Waals surface area contributed by atoms with Gasteiger partial charge in [0, 0.05) is 10.5 Å². The van der Waals surface area contributed by atoms with Crippen molar-refractivity contribution in [2.75, 3.05) is 11.5 Å². The number of hydrazine groups is 1. The highest BCUT2D eigenvalue weighted by Crippen LogP contribution is 2.27. The second kappa shape index (κ2) is 6.05. The van der Waals surface area contributed by atoms with Gasteiger partial charge in [-0.25, -0.2) is 0 Å². The monoisotopic (exact) mass is 300 g/mol. The van der Waals surface area contributed by atoms with Crippen LogP contribution in [0.5, 0.6) is 0 Å². The van der Waals surface area contributed by atoms with Gasteiger partial charge in [-0.3, -0.25) is 11.3 Å². The van der Waals surface area contributed by atoms with Crippen LogP contribution >= 0.6 is 27.7 Å². The van der Waals surface area contributed by atoms with Crippen LogP contribution in [0.15, 0.2) is 28.7 Å². The Bertz CT molecular complexity index is 340. The fourth-order valence-corrected chi connectivity index (χ4v) is 3.93. The molecule has 88 valence electrons. The lowest BCUT2D eigenvalue weighted by Crippen LogP contribution is -2.42. The van der Waals surface area contributed by atoms with Crippen LogP contribution in [0.1, 0.15) is 12.0 Å². The van der Waals surface area contributed by atoms with Gasteiger partial charge >= 0.3 is 0 Å². The third kappa shape index (κ3) is 3.23. The van der Waals surface area contributed by atoms with Gasteiger partial charge in [0.1, 0.15) is 0 Å². The number of nitrogens with one attached hydrogen (secondary N) is 1. The lowest BCUT2D eigenvalue weighted by Gasteiger charge is -2.22. The predicted molar refractivity (Wildman–Crippen MR) is 74.4 cm³/mol. The van der Waals surface area contributed by atoms with Crippen molar-refractivity contribution < 1.29 is 0 Å². The summed E-state index contributed by atoms with van der Waals surface area (Å²) >= 11 is 5.54. The quantitative estimate of drug-likeness (QED) is 0.663. The molecule has 4 heteroatoms. The molecule has 2 rings (SSSR count). The third-order valence-corrected chi connectivity index (χ3v) is 4.77. The molecule has 0 spiro atoms. The van der Waals surface area contributed by atoms with E-state index in [-0.39, 0.29) is 0 Å². The Balaban J connectivity index is 2.00. The van der Waals surface area contributed by atoms with Crippen LogP contribution in [0, 0.1) is 5.92 Å². The molecule has 0 saturated carbocycles. The highest BCUT2D eigenvalue weighted by molar-refractivity contribution is 9.10. The molecular weight excluding hydrogens is 284 g/mol. The predicted octanol–water partition coefficient (Wildman–Crippen LogP) is 2.58. The van der Waals surface area contributed by atoms with E-state index < -0.39 is 0 Å². The van der Waals surface area contributed by atoms with Crippen LogP contribution in [-0.4, -0.2) is 17.5 Å². The van der Waals surface area contributed by atoms with Gasteiger partial charge in [0.15, 0.2) is 0 Å². The maximum absolute atomic E-state index is 5.67. The third-order valence-electron chi connectivity index (χ3n) is 3.09. The van der Waals surface area contributed by atoms with Crippen molar-refractivity contribution in [1.29, 1.82) is 0 Å². The van der Waals surface area contributed by atoms with Gasteiger partial charge < -0.3 is 0 Å². The van der Waals surface area contributed by atoms with Gasteiger partial charge in [-0.05, 0) is 48.0 Å². The molecule has 2 atom stereocenters. The summed E-state index contributed by atoms with van der Waals surface area (Å²) in [5.41, 5.74) is 4.33. The lowest BCUT2D eigenvalue weighted by atomic mass is 9.93. The number of halogens is 1. The summed E-state index contributed by atoms with van der Waals surface area (Å²) in [5, 5.41) is 0. The molecule has 1 aliphatic rings.